The van der Waals surface area contributed by atoms with Crippen molar-refractivity contribution in [2.45, 2.75) is 18.9 Å². The van der Waals surface area contributed by atoms with Crippen molar-refractivity contribution in [3.8, 4) is 11.6 Å². The Labute approximate surface area is 136 Å². The molecule has 3 rings (SSSR count). The average Bonchev–Trinajstić information content (AvgIpc) is 2.60. The first kappa shape index (κ1) is 16.3. The van der Waals surface area contributed by atoms with Crippen molar-refractivity contribution in [1.29, 1.82) is 0 Å². The molecule has 1 aromatic heterocycles. The second kappa shape index (κ2) is 7.31. The molecule has 24 heavy (non-hydrogen) atoms. The van der Waals surface area contributed by atoms with Gasteiger partial charge in [-0.3, -0.25) is 4.79 Å². The minimum absolute atomic E-state index is 0.0613. The number of benzene rings is 1. The Kier molecular flexibility index (Phi) is 4.95. The molecule has 8 heteroatoms. The number of ether oxygens (including phenoxy) is 2. The Hall–Kier alpha value is -2.61. The van der Waals surface area contributed by atoms with Crippen LogP contribution in [0.25, 0.3) is 0 Å². The first-order valence-electron chi connectivity index (χ1n) is 7.47. The van der Waals surface area contributed by atoms with Crippen LogP contribution in [0.15, 0.2) is 30.3 Å². The van der Waals surface area contributed by atoms with Gasteiger partial charge in [0.15, 0.2) is 17.3 Å². The van der Waals surface area contributed by atoms with E-state index in [1.165, 1.54) is 18.2 Å². The highest BCUT2D eigenvalue weighted by Crippen LogP contribution is 2.21. The van der Waals surface area contributed by atoms with Crippen LogP contribution in [0.2, 0.25) is 0 Å². The Balaban J connectivity index is 1.61. The zero-order valence-electron chi connectivity index (χ0n) is 12.7. The summed E-state index contributed by atoms with van der Waals surface area (Å²) in [5.41, 5.74) is 0.152. The highest BCUT2D eigenvalue weighted by Gasteiger charge is 2.18. The molecule has 0 saturated carbocycles. The van der Waals surface area contributed by atoms with Crippen LogP contribution in [0.5, 0.6) is 11.6 Å². The first-order valence-corrected chi connectivity index (χ1v) is 7.47. The van der Waals surface area contributed by atoms with E-state index in [-0.39, 0.29) is 29.3 Å². The van der Waals surface area contributed by atoms with Crippen LogP contribution in [-0.4, -0.2) is 35.4 Å². The van der Waals surface area contributed by atoms with E-state index in [0.29, 0.717) is 13.2 Å². The number of carbonyl (C=O) groups is 1. The van der Waals surface area contributed by atoms with Crippen molar-refractivity contribution >= 4 is 5.91 Å². The van der Waals surface area contributed by atoms with Gasteiger partial charge < -0.3 is 14.8 Å². The summed E-state index contributed by atoms with van der Waals surface area (Å²) in [6.07, 6.45) is 1.52. The zero-order chi connectivity index (χ0) is 16.9. The van der Waals surface area contributed by atoms with E-state index in [0.717, 1.165) is 25.0 Å². The molecule has 0 unspecified atom stereocenters. The molecule has 1 aromatic carbocycles. The number of amides is 1. The summed E-state index contributed by atoms with van der Waals surface area (Å²) in [5, 5.41) is 10.4. The number of hydrogen-bond donors (Lipinski definition) is 1. The molecule has 1 amide bonds. The van der Waals surface area contributed by atoms with Crippen molar-refractivity contribution < 1.29 is 23.0 Å². The molecule has 2 heterocycles. The van der Waals surface area contributed by atoms with Gasteiger partial charge in [-0.25, -0.2) is 8.78 Å². The standard InChI is InChI=1S/C16H15F2N3O3/c17-12-2-1-11(9-13(12)18)24-15-4-3-14(20-21-15)16(22)19-10-5-7-23-8-6-10/h1-4,9-10H,5-8H2,(H,19,22). The largest absolute Gasteiger partial charge is 0.437 e. The lowest BCUT2D eigenvalue weighted by molar-refractivity contribution is 0.0693. The number of nitrogens with zero attached hydrogens (tertiary/aromatic N) is 2. The molecule has 1 aliphatic heterocycles. The second-order valence-electron chi connectivity index (χ2n) is 5.29. The minimum Gasteiger partial charge on any atom is -0.437 e. The summed E-state index contributed by atoms with van der Waals surface area (Å²) in [6.45, 7) is 1.25. The molecule has 1 fully saturated rings. The zero-order valence-corrected chi connectivity index (χ0v) is 12.7. The summed E-state index contributed by atoms with van der Waals surface area (Å²) in [6, 6.07) is 6.08. The molecule has 1 saturated heterocycles. The predicted octanol–water partition coefficient (Wildman–Crippen LogP) is 2.46. The first-order chi connectivity index (χ1) is 11.6. The van der Waals surface area contributed by atoms with Crippen LogP contribution in [0.3, 0.4) is 0 Å². The monoisotopic (exact) mass is 335 g/mol. The predicted molar refractivity (Wildman–Crippen MR) is 79.8 cm³/mol. The fourth-order valence-electron chi connectivity index (χ4n) is 2.26. The van der Waals surface area contributed by atoms with Gasteiger partial charge in [0.1, 0.15) is 5.75 Å². The van der Waals surface area contributed by atoms with Crippen LogP contribution in [0.1, 0.15) is 23.3 Å². The van der Waals surface area contributed by atoms with Crippen LogP contribution in [-0.2, 0) is 4.74 Å². The Morgan fingerprint density at radius 1 is 1.12 bits per heavy atom. The molecule has 2 aromatic rings. The second-order valence-corrected chi connectivity index (χ2v) is 5.29. The normalized spacial score (nSPS) is 15.1. The maximum atomic E-state index is 13.1. The Bertz CT molecular complexity index is 719. The Morgan fingerprint density at radius 3 is 2.58 bits per heavy atom. The van der Waals surface area contributed by atoms with Crippen molar-refractivity contribution in [2.24, 2.45) is 0 Å². The Morgan fingerprint density at radius 2 is 1.92 bits per heavy atom. The van der Waals surface area contributed by atoms with Crippen LogP contribution < -0.4 is 10.1 Å². The van der Waals surface area contributed by atoms with E-state index in [1.807, 2.05) is 0 Å². The van der Waals surface area contributed by atoms with Gasteiger partial charge in [-0.2, -0.15) is 0 Å². The lowest BCUT2D eigenvalue weighted by Crippen LogP contribution is -2.39. The van der Waals surface area contributed by atoms with E-state index in [1.54, 1.807) is 0 Å². The molecule has 1 aliphatic rings. The molecule has 0 radical (unpaired) electrons. The fraction of sp³-hybridized carbons (Fsp3) is 0.312. The summed E-state index contributed by atoms with van der Waals surface area (Å²) < 4.78 is 36.5. The lowest BCUT2D eigenvalue weighted by Gasteiger charge is -2.22. The number of carbonyl (C=O) groups excluding carboxylic acids is 1. The average molecular weight is 335 g/mol. The lowest BCUT2D eigenvalue weighted by atomic mass is 10.1. The van der Waals surface area contributed by atoms with Crippen molar-refractivity contribution in [3.63, 3.8) is 0 Å². The fourth-order valence-corrected chi connectivity index (χ4v) is 2.26. The highest BCUT2D eigenvalue weighted by molar-refractivity contribution is 5.92. The van der Waals surface area contributed by atoms with Gasteiger partial charge in [0, 0.05) is 31.4 Å². The highest BCUT2D eigenvalue weighted by atomic mass is 19.2. The summed E-state index contributed by atoms with van der Waals surface area (Å²) in [4.78, 5) is 12.1. The topological polar surface area (TPSA) is 73.3 Å². The van der Waals surface area contributed by atoms with Gasteiger partial charge in [0.2, 0.25) is 5.88 Å². The van der Waals surface area contributed by atoms with Gasteiger partial charge in [-0.1, -0.05) is 0 Å². The van der Waals surface area contributed by atoms with E-state index < -0.39 is 11.6 Å². The molecular formula is C16H15F2N3O3. The third-order valence-electron chi connectivity index (χ3n) is 3.54. The van der Waals surface area contributed by atoms with Crippen LogP contribution >= 0.6 is 0 Å². The van der Waals surface area contributed by atoms with Gasteiger partial charge >= 0.3 is 0 Å². The molecular weight excluding hydrogens is 320 g/mol. The van der Waals surface area contributed by atoms with Crippen molar-refractivity contribution in [2.75, 3.05) is 13.2 Å². The number of nitrogens with one attached hydrogen (secondary N) is 1. The molecule has 0 bridgehead atoms. The third-order valence-corrected chi connectivity index (χ3v) is 3.54. The molecule has 0 atom stereocenters. The van der Waals surface area contributed by atoms with Gasteiger partial charge in [0.25, 0.3) is 5.91 Å². The quantitative estimate of drug-likeness (QED) is 0.929. The molecule has 0 aliphatic carbocycles. The molecule has 0 spiro atoms. The third kappa shape index (κ3) is 4.02. The molecule has 6 nitrogen and oxygen atoms in total. The van der Waals surface area contributed by atoms with Gasteiger partial charge in [-0.15, -0.1) is 10.2 Å². The summed E-state index contributed by atoms with van der Waals surface area (Å²) in [5.74, 6) is -2.15. The number of hydrogen-bond acceptors (Lipinski definition) is 5. The maximum absolute atomic E-state index is 13.1. The van der Waals surface area contributed by atoms with Crippen LogP contribution in [0.4, 0.5) is 8.78 Å². The van der Waals surface area contributed by atoms with Gasteiger partial charge in [0.05, 0.1) is 0 Å². The SMILES string of the molecule is O=C(NC1CCOCC1)c1ccc(Oc2ccc(F)c(F)c2)nn1. The molecule has 1 N–H and O–H groups in total. The molecule has 126 valence electrons. The van der Waals surface area contributed by atoms with Gasteiger partial charge in [-0.05, 0) is 31.0 Å². The van der Waals surface area contributed by atoms with Crippen molar-refractivity contribution in [3.05, 3.63) is 47.7 Å². The number of aromatic nitrogens is 2. The van der Waals surface area contributed by atoms with E-state index >= 15 is 0 Å². The van der Waals surface area contributed by atoms with E-state index in [4.69, 9.17) is 9.47 Å². The summed E-state index contributed by atoms with van der Waals surface area (Å²) >= 11 is 0. The minimum atomic E-state index is -1.02. The van der Waals surface area contributed by atoms with Crippen LogP contribution in [0, 0.1) is 11.6 Å². The number of halogens is 2. The van der Waals surface area contributed by atoms with E-state index in [2.05, 4.69) is 15.5 Å². The smallest absolute Gasteiger partial charge is 0.272 e. The van der Waals surface area contributed by atoms with E-state index in [9.17, 15) is 13.6 Å². The number of rotatable bonds is 4. The van der Waals surface area contributed by atoms with Crippen molar-refractivity contribution in [1.82, 2.24) is 15.5 Å². The summed E-state index contributed by atoms with van der Waals surface area (Å²) in [7, 11) is 0. The maximum Gasteiger partial charge on any atom is 0.272 e.